The van der Waals surface area contributed by atoms with Gasteiger partial charge in [0.2, 0.25) is 5.16 Å². The lowest BCUT2D eigenvalue weighted by molar-refractivity contribution is 0.0982. The summed E-state index contributed by atoms with van der Waals surface area (Å²) in [5.41, 5.74) is 1.43. The second kappa shape index (κ2) is 7.94. The van der Waals surface area contributed by atoms with Crippen LogP contribution in [0.4, 0.5) is 4.39 Å². The Morgan fingerprint density at radius 3 is 2.52 bits per heavy atom. The van der Waals surface area contributed by atoms with Crippen molar-refractivity contribution in [1.82, 2.24) is 14.9 Å². The van der Waals surface area contributed by atoms with Crippen LogP contribution in [0.1, 0.15) is 23.2 Å². The molecule has 1 aromatic heterocycles. The molecule has 3 rings (SSSR count). The summed E-state index contributed by atoms with van der Waals surface area (Å²) in [6.07, 6.45) is 1.19. The Bertz CT molecular complexity index is 849. The van der Waals surface area contributed by atoms with E-state index in [0.717, 1.165) is 12.0 Å². The van der Waals surface area contributed by atoms with E-state index in [-0.39, 0.29) is 11.6 Å². The molecule has 2 aromatic carbocycles. The van der Waals surface area contributed by atoms with Crippen LogP contribution in [0.5, 0.6) is 0 Å². The number of carbonyl (C=O) groups excluding carboxylic acids is 1. The molecule has 0 unspecified atom stereocenters. The Labute approximate surface area is 149 Å². The number of hydrogen-bond donors (Lipinski definition) is 1. The molecular weight excluding hydrogens is 339 g/mol. The normalized spacial score (nSPS) is 10.8. The van der Waals surface area contributed by atoms with Gasteiger partial charge < -0.3 is 5.84 Å². The van der Waals surface area contributed by atoms with Gasteiger partial charge in [0, 0.05) is 23.3 Å². The number of hydrogen-bond acceptors (Lipinski definition) is 5. The van der Waals surface area contributed by atoms with E-state index in [2.05, 4.69) is 10.2 Å². The predicted octanol–water partition coefficient (Wildman–Crippen LogP) is 3.55. The van der Waals surface area contributed by atoms with Gasteiger partial charge in [0.1, 0.15) is 5.82 Å². The van der Waals surface area contributed by atoms with Gasteiger partial charge in [-0.25, -0.2) is 9.07 Å². The molecule has 0 atom stereocenters. The van der Waals surface area contributed by atoms with Crippen LogP contribution in [0.3, 0.4) is 0 Å². The number of thioether (sulfide) groups is 1. The highest BCUT2D eigenvalue weighted by Crippen LogP contribution is 2.22. The SMILES string of the molecule is Nn1c(SCCCC(=O)c2ccccc2)nnc1-c1ccc(F)cc1. The number of ketones is 1. The quantitative estimate of drug-likeness (QED) is 0.303. The van der Waals surface area contributed by atoms with Crippen molar-refractivity contribution < 1.29 is 9.18 Å². The van der Waals surface area contributed by atoms with Gasteiger partial charge in [-0.2, -0.15) is 0 Å². The maximum atomic E-state index is 13.0. The first kappa shape index (κ1) is 17.2. The third-order valence-corrected chi connectivity index (χ3v) is 4.67. The maximum Gasteiger partial charge on any atom is 0.210 e. The molecule has 0 aliphatic rings. The molecule has 5 nitrogen and oxygen atoms in total. The molecule has 0 aliphatic heterocycles. The van der Waals surface area contributed by atoms with Crippen LogP contribution in [-0.4, -0.2) is 26.4 Å². The summed E-state index contributed by atoms with van der Waals surface area (Å²) in [7, 11) is 0. The fraction of sp³-hybridized carbons (Fsp3) is 0.167. The molecule has 0 aliphatic carbocycles. The zero-order chi connectivity index (χ0) is 17.6. The molecule has 0 radical (unpaired) electrons. The molecule has 0 bridgehead atoms. The highest BCUT2D eigenvalue weighted by Gasteiger charge is 2.12. The first-order valence-corrected chi connectivity index (χ1v) is 8.81. The van der Waals surface area contributed by atoms with Gasteiger partial charge in [0.25, 0.3) is 0 Å². The van der Waals surface area contributed by atoms with E-state index in [1.165, 1.54) is 28.6 Å². The van der Waals surface area contributed by atoms with Crippen LogP contribution in [0.15, 0.2) is 59.8 Å². The Hall–Kier alpha value is -2.67. The largest absolute Gasteiger partial charge is 0.335 e. The van der Waals surface area contributed by atoms with Crippen molar-refractivity contribution in [3.63, 3.8) is 0 Å². The molecule has 3 aromatic rings. The number of carbonyl (C=O) groups is 1. The number of halogens is 1. The summed E-state index contributed by atoms with van der Waals surface area (Å²) in [5.74, 6) is 7.01. The summed E-state index contributed by atoms with van der Waals surface area (Å²) in [6.45, 7) is 0. The standard InChI is InChI=1S/C18H17FN4OS/c19-15-10-8-14(9-11-15)17-21-22-18(23(17)20)25-12-4-7-16(24)13-5-2-1-3-6-13/h1-3,5-6,8-11H,4,7,12,20H2. The smallest absolute Gasteiger partial charge is 0.210 e. The van der Waals surface area contributed by atoms with Crippen molar-refractivity contribution in [2.45, 2.75) is 18.0 Å². The van der Waals surface area contributed by atoms with Gasteiger partial charge in [-0.05, 0) is 30.7 Å². The van der Waals surface area contributed by atoms with Gasteiger partial charge in [-0.1, -0.05) is 42.1 Å². The first-order chi connectivity index (χ1) is 12.1. The fourth-order valence-corrected chi connectivity index (χ4v) is 3.13. The van der Waals surface area contributed by atoms with Crippen LogP contribution in [0.2, 0.25) is 0 Å². The molecule has 0 amide bonds. The first-order valence-electron chi connectivity index (χ1n) is 7.82. The Balaban J connectivity index is 1.54. The second-order valence-corrected chi connectivity index (χ2v) is 6.49. The average Bonchev–Trinajstić information content (AvgIpc) is 3.01. The monoisotopic (exact) mass is 356 g/mol. The van der Waals surface area contributed by atoms with E-state index in [9.17, 15) is 9.18 Å². The molecule has 0 spiro atoms. The molecule has 0 saturated heterocycles. The minimum absolute atomic E-state index is 0.127. The second-order valence-electron chi connectivity index (χ2n) is 5.42. The Kier molecular flexibility index (Phi) is 5.45. The third kappa shape index (κ3) is 4.24. The number of nitrogens with zero attached hydrogens (tertiary/aromatic N) is 3. The van der Waals surface area contributed by atoms with Gasteiger partial charge in [-0.3, -0.25) is 4.79 Å². The Morgan fingerprint density at radius 2 is 1.80 bits per heavy atom. The lowest BCUT2D eigenvalue weighted by Gasteiger charge is -2.04. The minimum atomic E-state index is -0.315. The van der Waals surface area contributed by atoms with Gasteiger partial charge in [0.15, 0.2) is 11.6 Å². The van der Waals surface area contributed by atoms with E-state index in [1.54, 1.807) is 12.1 Å². The summed E-state index contributed by atoms with van der Waals surface area (Å²) >= 11 is 1.44. The molecule has 7 heteroatoms. The third-order valence-electron chi connectivity index (χ3n) is 3.64. The average molecular weight is 356 g/mol. The van der Waals surface area contributed by atoms with Crippen LogP contribution < -0.4 is 5.84 Å². The number of benzene rings is 2. The van der Waals surface area contributed by atoms with Crippen molar-refractivity contribution in [3.8, 4) is 11.4 Å². The zero-order valence-electron chi connectivity index (χ0n) is 13.4. The van der Waals surface area contributed by atoms with E-state index in [0.29, 0.717) is 28.7 Å². The van der Waals surface area contributed by atoms with Crippen LogP contribution in [-0.2, 0) is 0 Å². The van der Waals surface area contributed by atoms with Crippen molar-refractivity contribution in [2.75, 3.05) is 11.6 Å². The molecule has 0 saturated carbocycles. The zero-order valence-corrected chi connectivity index (χ0v) is 14.2. The van der Waals surface area contributed by atoms with Crippen LogP contribution in [0.25, 0.3) is 11.4 Å². The van der Waals surface area contributed by atoms with E-state index in [4.69, 9.17) is 5.84 Å². The van der Waals surface area contributed by atoms with Crippen molar-refractivity contribution in [1.29, 1.82) is 0 Å². The summed E-state index contributed by atoms with van der Waals surface area (Å²) < 4.78 is 14.4. The van der Waals surface area contributed by atoms with Gasteiger partial charge in [0.05, 0.1) is 0 Å². The molecule has 128 valence electrons. The van der Waals surface area contributed by atoms with E-state index >= 15 is 0 Å². The summed E-state index contributed by atoms with van der Waals surface area (Å²) in [4.78, 5) is 12.0. The highest BCUT2D eigenvalue weighted by molar-refractivity contribution is 7.99. The minimum Gasteiger partial charge on any atom is -0.335 e. The van der Waals surface area contributed by atoms with E-state index < -0.39 is 0 Å². The Morgan fingerprint density at radius 1 is 1.08 bits per heavy atom. The van der Waals surface area contributed by atoms with Gasteiger partial charge in [-0.15, -0.1) is 10.2 Å². The number of Topliss-reactive ketones (excluding diaryl/α,β-unsaturated/α-hetero) is 1. The molecular formula is C18H17FN4OS. The van der Waals surface area contributed by atoms with Gasteiger partial charge >= 0.3 is 0 Å². The fourth-order valence-electron chi connectivity index (χ4n) is 2.34. The van der Waals surface area contributed by atoms with Crippen LogP contribution in [0, 0.1) is 5.82 Å². The predicted molar refractivity (Wildman–Crippen MR) is 96.3 cm³/mol. The van der Waals surface area contributed by atoms with Crippen molar-refractivity contribution in [3.05, 3.63) is 66.0 Å². The number of rotatable bonds is 7. The molecule has 1 heterocycles. The van der Waals surface area contributed by atoms with E-state index in [1.807, 2.05) is 30.3 Å². The van der Waals surface area contributed by atoms with Crippen molar-refractivity contribution in [2.24, 2.45) is 0 Å². The highest BCUT2D eigenvalue weighted by atomic mass is 32.2. The lowest BCUT2D eigenvalue weighted by atomic mass is 10.1. The molecule has 2 N–H and O–H groups in total. The molecule has 25 heavy (non-hydrogen) atoms. The van der Waals surface area contributed by atoms with Crippen LogP contribution >= 0.6 is 11.8 Å². The number of nitrogens with two attached hydrogens (primary N) is 1. The number of aromatic nitrogens is 3. The molecule has 0 fully saturated rings. The summed E-state index contributed by atoms with van der Waals surface area (Å²) in [6, 6.07) is 15.2. The number of nitrogen functional groups attached to an aromatic ring is 1. The van der Waals surface area contributed by atoms with Crippen molar-refractivity contribution >= 4 is 17.5 Å². The topological polar surface area (TPSA) is 73.8 Å². The maximum absolute atomic E-state index is 13.0. The summed E-state index contributed by atoms with van der Waals surface area (Å²) in [5, 5.41) is 8.68. The lowest BCUT2D eigenvalue weighted by Crippen LogP contribution is -2.11.